The predicted octanol–water partition coefficient (Wildman–Crippen LogP) is 2.70. The number of hydrogen-bond acceptors (Lipinski definition) is 5. The largest absolute Gasteiger partial charge is 0.383 e. The van der Waals surface area contributed by atoms with Crippen LogP contribution in [0.25, 0.3) is 22.3 Å². The smallest absolute Gasteiger partial charge is 0.164 e. The van der Waals surface area contributed by atoms with Gasteiger partial charge in [0.15, 0.2) is 5.65 Å². The average molecular weight is 292 g/mol. The van der Waals surface area contributed by atoms with Gasteiger partial charge in [0.2, 0.25) is 0 Å². The van der Waals surface area contributed by atoms with Crippen LogP contribution >= 0.6 is 0 Å². The molecule has 6 nitrogen and oxygen atoms in total. The van der Waals surface area contributed by atoms with Gasteiger partial charge < -0.3 is 5.73 Å². The van der Waals surface area contributed by atoms with Gasteiger partial charge in [0.25, 0.3) is 0 Å². The molecule has 1 aromatic carbocycles. The van der Waals surface area contributed by atoms with Crippen molar-refractivity contribution in [2.45, 2.75) is 26.3 Å². The van der Waals surface area contributed by atoms with Gasteiger partial charge in [0, 0.05) is 5.56 Å². The van der Waals surface area contributed by atoms with Crippen molar-refractivity contribution in [2.24, 2.45) is 0 Å². The molecule has 0 aliphatic rings. The zero-order valence-corrected chi connectivity index (χ0v) is 12.7. The Morgan fingerprint density at radius 2 is 2.00 bits per heavy atom. The monoisotopic (exact) mass is 292 g/mol. The minimum atomic E-state index is -0.246. The van der Waals surface area contributed by atoms with Gasteiger partial charge >= 0.3 is 0 Å². The summed E-state index contributed by atoms with van der Waals surface area (Å²) in [6.45, 7) is 6.15. The number of benzene rings is 1. The fourth-order valence-electron chi connectivity index (χ4n) is 2.38. The third-order valence-corrected chi connectivity index (χ3v) is 3.39. The summed E-state index contributed by atoms with van der Waals surface area (Å²) in [6, 6.07) is 9.42. The van der Waals surface area contributed by atoms with E-state index in [9.17, 15) is 0 Å². The van der Waals surface area contributed by atoms with Gasteiger partial charge in [0.1, 0.15) is 17.8 Å². The van der Waals surface area contributed by atoms with E-state index in [1.165, 1.54) is 6.33 Å². The van der Waals surface area contributed by atoms with E-state index in [0.717, 1.165) is 5.56 Å². The summed E-state index contributed by atoms with van der Waals surface area (Å²) in [4.78, 5) is 8.42. The highest BCUT2D eigenvalue weighted by molar-refractivity contribution is 5.98. The first-order valence-electron chi connectivity index (χ1n) is 6.92. The normalized spacial score (nSPS) is 11.5. The molecule has 0 bridgehead atoms. The standard InChI is InChI=1S/C16H16N6/c1-16(2,3)22-15-12(14(18)19-9-20-15)13(21-22)11-6-4-5-10(7-11)8-17/h4-7,9H,1-3H3,(H2,18,19,20). The number of nitrogen functional groups attached to an aromatic ring is 1. The highest BCUT2D eigenvalue weighted by Crippen LogP contribution is 2.32. The van der Waals surface area contributed by atoms with E-state index >= 15 is 0 Å². The molecule has 0 fully saturated rings. The molecule has 0 saturated carbocycles. The SMILES string of the molecule is CC(C)(C)n1nc(-c2cccc(C#N)c2)c2c(N)ncnc21. The van der Waals surface area contributed by atoms with Gasteiger partial charge in [-0.05, 0) is 32.9 Å². The van der Waals surface area contributed by atoms with E-state index in [2.05, 4.69) is 16.0 Å². The van der Waals surface area contributed by atoms with Crippen LogP contribution in [-0.4, -0.2) is 19.7 Å². The third kappa shape index (κ3) is 2.17. The maximum absolute atomic E-state index is 9.09. The van der Waals surface area contributed by atoms with Crippen molar-refractivity contribution in [2.75, 3.05) is 5.73 Å². The number of nitrogens with zero attached hydrogens (tertiary/aromatic N) is 5. The number of anilines is 1. The van der Waals surface area contributed by atoms with E-state index in [1.807, 2.05) is 37.6 Å². The summed E-state index contributed by atoms with van der Waals surface area (Å²) in [5, 5.41) is 14.5. The van der Waals surface area contributed by atoms with Crippen molar-refractivity contribution >= 4 is 16.9 Å². The van der Waals surface area contributed by atoms with Crippen LogP contribution in [0, 0.1) is 11.3 Å². The molecule has 0 saturated heterocycles. The number of rotatable bonds is 1. The molecule has 2 N–H and O–H groups in total. The summed E-state index contributed by atoms with van der Waals surface area (Å²) < 4.78 is 1.84. The second-order valence-electron chi connectivity index (χ2n) is 6.08. The van der Waals surface area contributed by atoms with Crippen molar-refractivity contribution < 1.29 is 0 Å². The quantitative estimate of drug-likeness (QED) is 0.744. The molecule has 0 unspecified atom stereocenters. The summed E-state index contributed by atoms with van der Waals surface area (Å²) in [7, 11) is 0. The number of hydrogen-bond donors (Lipinski definition) is 1. The van der Waals surface area contributed by atoms with Crippen LogP contribution in [0.2, 0.25) is 0 Å². The second kappa shape index (κ2) is 4.81. The van der Waals surface area contributed by atoms with Gasteiger partial charge in [-0.2, -0.15) is 10.4 Å². The molecule has 2 heterocycles. The highest BCUT2D eigenvalue weighted by Gasteiger charge is 2.23. The summed E-state index contributed by atoms with van der Waals surface area (Å²) in [6.07, 6.45) is 1.44. The molecule has 0 aliphatic heterocycles. The Bertz CT molecular complexity index is 895. The Hall–Kier alpha value is -2.94. The Balaban J connectivity index is 2.37. The zero-order chi connectivity index (χ0) is 15.9. The van der Waals surface area contributed by atoms with E-state index in [-0.39, 0.29) is 5.54 Å². The van der Waals surface area contributed by atoms with Gasteiger partial charge in [-0.25, -0.2) is 14.6 Å². The number of nitrogens with two attached hydrogens (primary N) is 1. The van der Waals surface area contributed by atoms with Crippen molar-refractivity contribution in [3.05, 3.63) is 36.2 Å². The van der Waals surface area contributed by atoms with Gasteiger partial charge in [0.05, 0.1) is 22.6 Å². The summed E-state index contributed by atoms with van der Waals surface area (Å²) in [5.74, 6) is 0.387. The summed E-state index contributed by atoms with van der Waals surface area (Å²) >= 11 is 0. The van der Waals surface area contributed by atoms with Crippen LogP contribution in [0.4, 0.5) is 5.82 Å². The van der Waals surface area contributed by atoms with Crippen LogP contribution in [0.3, 0.4) is 0 Å². The Kier molecular flexibility index (Phi) is 3.06. The molecular formula is C16H16N6. The molecule has 6 heteroatoms. The number of nitriles is 1. The van der Waals surface area contributed by atoms with Crippen LogP contribution in [-0.2, 0) is 5.54 Å². The molecule has 22 heavy (non-hydrogen) atoms. The molecule has 110 valence electrons. The lowest BCUT2D eigenvalue weighted by Crippen LogP contribution is -2.23. The summed E-state index contributed by atoms with van der Waals surface area (Å²) in [5.41, 5.74) is 8.60. The lowest BCUT2D eigenvalue weighted by molar-refractivity contribution is 0.367. The van der Waals surface area contributed by atoms with E-state index in [0.29, 0.717) is 28.1 Å². The fourth-order valence-corrected chi connectivity index (χ4v) is 2.38. The van der Waals surface area contributed by atoms with Crippen LogP contribution in [0.15, 0.2) is 30.6 Å². The number of fused-ring (bicyclic) bond motifs is 1. The van der Waals surface area contributed by atoms with Crippen LogP contribution in [0.1, 0.15) is 26.3 Å². The lowest BCUT2D eigenvalue weighted by atomic mass is 10.1. The molecule has 0 amide bonds. The van der Waals surface area contributed by atoms with Gasteiger partial charge in [-0.15, -0.1) is 0 Å². The van der Waals surface area contributed by atoms with Crippen LogP contribution in [0.5, 0.6) is 0 Å². The first-order chi connectivity index (χ1) is 10.4. The molecule has 0 aliphatic carbocycles. The lowest BCUT2D eigenvalue weighted by Gasteiger charge is -2.19. The van der Waals surface area contributed by atoms with E-state index in [1.54, 1.807) is 12.1 Å². The second-order valence-corrected chi connectivity index (χ2v) is 6.08. The van der Waals surface area contributed by atoms with Crippen molar-refractivity contribution in [1.29, 1.82) is 5.26 Å². The van der Waals surface area contributed by atoms with E-state index in [4.69, 9.17) is 16.1 Å². The molecule has 0 radical (unpaired) electrons. The van der Waals surface area contributed by atoms with Gasteiger partial charge in [-0.3, -0.25) is 0 Å². The van der Waals surface area contributed by atoms with Crippen molar-refractivity contribution in [3.8, 4) is 17.3 Å². The third-order valence-electron chi connectivity index (χ3n) is 3.39. The zero-order valence-electron chi connectivity index (χ0n) is 12.7. The minimum absolute atomic E-state index is 0.246. The number of aromatic nitrogens is 4. The van der Waals surface area contributed by atoms with Gasteiger partial charge in [-0.1, -0.05) is 12.1 Å². The Morgan fingerprint density at radius 1 is 1.23 bits per heavy atom. The van der Waals surface area contributed by atoms with E-state index < -0.39 is 0 Å². The minimum Gasteiger partial charge on any atom is -0.383 e. The van der Waals surface area contributed by atoms with Crippen LogP contribution < -0.4 is 5.73 Å². The topological polar surface area (TPSA) is 93.4 Å². The van der Waals surface area contributed by atoms with Crippen molar-refractivity contribution in [3.63, 3.8) is 0 Å². The molecule has 0 atom stereocenters. The highest BCUT2D eigenvalue weighted by atomic mass is 15.3. The molecular weight excluding hydrogens is 276 g/mol. The first-order valence-corrected chi connectivity index (χ1v) is 6.92. The maximum atomic E-state index is 9.09. The Morgan fingerprint density at radius 3 is 2.68 bits per heavy atom. The predicted molar refractivity (Wildman–Crippen MR) is 84.9 cm³/mol. The molecule has 3 aromatic rings. The molecule has 3 rings (SSSR count). The average Bonchev–Trinajstić information content (AvgIpc) is 2.88. The van der Waals surface area contributed by atoms with Crippen molar-refractivity contribution in [1.82, 2.24) is 19.7 Å². The maximum Gasteiger partial charge on any atom is 0.164 e. The molecule has 2 aromatic heterocycles. The Labute approximate surface area is 128 Å². The fraction of sp³-hybridized carbons (Fsp3) is 0.250. The molecule has 0 spiro atoms. The first kappa shape index (κ1) is 14.0.